The number of nitrogens with one attached hydrogen (secondary N) is 1. The number of rotatable bonds is 2. The van der Waals surface area contributed by atoms with Crippen molar-refractivity contribution in [2.45, 2.75) is 30.8 Å². The van der Waals surface area contributed by atoms with Crippen molar-refractivity contribution in [3.63, 3.8) is 0 Å². The molecule has 0 aliphatic carbocycles. The fourth-order valence-corrected chi connectivity index (χ4v) is 3.52. The summed E-state index contributed by atoms with van der Waals surface area (Å²) in [6.07, 6.45) is 3.88. The monoisotopic (exact) mass is 250 g/mol. The SMILES string of the molecule is CNc1nc(N2CCCCC2)nc2c1CSC2. The summed E-state index contributed by atoms with van der Waals surface area (Å²) < 4.78 is 0. The molecular formula is C12H18N4S. The van der Waals surface area contributed by atoms with Crippen LogP contribution in [0.4, 0.5) is 11.8 Å². The van der Waals surface area contributed by atoms with E-state index >= 15 is 0 Å². The van der Waals surface area contributed by atoms with Crippen molar-refractivity contribution < 1.29 is 0 Å². The first kappa shape index (κ1) is 11.1. The summed E-state index contributed by atoms with van der Waals surface area (Å²) in [5, 5.41) is 3.22. The molecule has 0 atom stereocenters. The van der Waals surface area contributed by atoms with Gasteiger partial charge in [0, 0.05) is 37.2 Å². The summed E-state index contributed by atoms with van der Waals surface area (Å²) >= 11 is 1.93. The molecule has 4 nitrogen and oxygen atoms in total. The van der Waals surface area contributed by atoms with E-state index in [4.69, 9.17) is 4.98 Å². The molecule has 92 valence electrons. The van der Waals surface area contributed by atoms with Crippen LogP contribution in [0.2, 0.25) is 0 Å². The van der Waals surface area contributed by atoms with E-state index in [1.165, 1.54) is 30.5 Å². The maximum absolute atomic E-state index is 4.74. The topological polar surface area (TPSA) is 41.1 Å². The van der Waals surface area contributed by atoms with Crippen molar-refractivity contribution in [1.82, 2.24) is 9.97 Å². The molecule has 2 aliphatic rings. The average molecular weight is 250 g/mol. The van der Waals surface area contributed by atoms with E-state index in [9.17, 15) is 0 Å². The molecule has 1 aromatic rings. The Kier molecular flexibility index (Phi) is 3.09. The molecular weight excluding hydrogens is 232 g/mol. The van der Waals surface area contributed by atoms with Gasteiger partial charge in [-0.1, -0.05) is 0 Å². The zero-order valence-corrected chi connectivity index (χ0v) is 11.0. The van der Waals surface area contributed by atoms with Crippen LogP contribution in [0.15, 0.2) is 0 Å². The maximum atomic E-state index is 4.74. The molecule has 0 unspecified atom stereocenters. The number of aromatic nitrogens is 2. The predicted molar refractivity (Wildman–Crippen MR) is 72.6 cm³/mol. The molecule has 0 saturated carbocycles. The second kappa shape index (κ2) is 4.72. The third-order valence-electron chi connectivity index (χ3n) is 3.44. The fraction of sp³-hybridized carbons (Fsp3) is 0.667. The Morgan fingerprint density at radius 2 is 1.94 bits per heavy atom. The van der Waals surface area contributed by atoms with Gasteiger partial charge in [0.2, 0.25) is 5.95 Å². The van der Waals surface area contributed by atoms with E-state index in [0.29, 0.717) is 0 Å². The first-order valence-electron chi connectivity index (χ1n) is 6.28. The van der Waals surface area contributed by atoms with Crippen LogP contribution in [0, 0.1) is 0 Å². The lowest BCUT2D eigenvalue weighted by Gasteiger charge is -2.27. The summed E-state index contributed by atoms with van der Waals surface area (Å²) in [7, 11) is 1.95. The van der Waals surface area contributed by atoms with Gasteiger partial charge in [-0.25, -0.2) is 4.98 Å². The molecule has 0 aromatic carbocycles. The van der Waals surface area contributed by atoms with Gasteiger partial charge in [0.15, 0.2) is 0 Å². The van der Waals surface area contributed by atoms with Crippen LogP contribution in [0.1, 0.15) is 30.5 Å². The average Bonchev–Trinajstić information content (AvgIpc) is 2.86. The van der Waals surface area contributed by atoms with Gasteiger partial charge < -0.3 is 10.2 Å². The summed E-state index contributed by atoms with van der Waals surface area (Å²) in [5.41, 5.74) is 2.54. The highest BCUT2D eigenvalue weighted by Gasteiger charge is 2.22. The Morgan fingerprint density at radius 3 is 2.71 bits per heavy atom. The first-order chi connectivity index (χ1) is 8.38. The van der Waals surface area contributed by atoms with E-state index < -0.39 is 0 Å². The van der Waals surface area contributed by atoms with Gasteiger partial charge in [0.25, 0.3) is 0 Å². The molecule has 2 aliphatic heterocycles. The predicted octanol–water partition coefficient (Wildman–Crippen LogP) is 2.26. The minimum Gasteiger partial charge on any atom is -0.373 e. The van der Waals surface area contributed by atoms with Crippen LogP contribution in [-0.4, -0.2) is 30.1 Å². The number of hydrogen-bond acceptors (Lipinski definition) is 5. The van der Waals surface area contributed by atoms with Gasteiger partial charge in [-0.05, 0) is 19.3 Å². The van der Waals surface area contributed by atoms with E-state index in [2.05, 4.69) is 15.2 Å². The van der Waals surface area contributed by atoms with Gasteiger partial charge in [0.1, 0.15) is 5.82 Å². The van der Waals surface area contributed by atoms with Crippen molar-refractivity contribution in [1.29, 1.82) is 0 Å². The van der Waals surface area contributed by atoms with E-state index in [0.717, 1.165) is 36.4 Å². The van der Waals surface area contributed by atoms with E-state index in [-0.39, 0.29) is 0 Å². The van der Waals surface area contributed by atoms with E-state index in [1.807, 2.05) is 18.8 Å². The van der Waals surface area contributed by atoms with Gasteiger partial charge in [-0.2, -0.15) is 16.7 Å². The molecule has 1 N–H and O–H groups in total. The molecule has 0 radical (unpaired) electrons. The molecule has 1 saturated heterocycles. The van der Waals surface area contributed by atoms with Crippen LogP contribution in [0.25, 0.3) is 0 Å². The van der Waals surface area contributed by atoms with Crippen molar-refractivity contribution in [2.75, 3.05) is 30.4 Å². The molecule has 17 heavy (non-hydrogen) atoms. The third-order valence-corrected chi connectivity index (χ3v) is 4.41. The normalized spacial score (nSPS) is 19.2. The van der Waals surface area contributed by atoms with Crippen LogP contribution < -0.4 is 10.2 Å². The molecule has 1 fully saturated rings. The Balaban J connectivity index is 1.94. The quantitative estimate of drug-likeness (QED) is 0.872. The lowest BCUT2D eigenvalue weighted by atomic mass is 10.1. The van der Waals surface area contributed by atoms with Gasteiger partial charge in [-0.3, -0.25) is 0 Å². The fourth-order valence-electron chi connectivity index (χ4n) is 2.48. The Bertz CT molecular complexity index is 415. The largest absolute Gasteiger partial charge is 0.373 e. The molecule has 5 heteroatoms. The number of anilines is 2. The summed E-state index contributed by atoms with van der Waals surface area (Å²) in [4.78, 5) is 11.7. The maximum Gasteiger partial charge on any atom is 0.227 e. The highest BCUT2D eigenvalue weighted by Crippen LogP contribution is 2.34. The number of fused-ring (bicyclic) bond motifs is 1. The summed E-state index contributed by atoms with van der Waals surface area (Å²) in [5.74, 6) is 4.04. The molecule has 0 amide bonds. The lowest BCUT2D eigenvalue weighted by Crippen LogP contribution is -2.31. The van der Waals surface area contributed by atoms with Gasteiger partial charge in [-0.15, -0.1) is 0 Å². The highest BCUT2D eigenvalue weighted by atomic mass is 32.2. The highest BCUT2D eigenvalue weighted by molar-refractivity contribution is 7.98. The van der Waals surface area contributed by atoms with Crippen LogP contribution in [0.3, 0.4) is 0 Å². The molecule has 3 heterocycles. The molecule has 0 spiro atoms. The Hall–Kier alpha value is -0.970. The van der Waals surface area contributed by atoms with Crippen molar-refractivity contribution in [2.24, 2.45) is 0 Å². The van der Waals surface area contributed by atoms with Crippen molar-refractivity contribution >= 4 is 23.5 Å². The minimum absolute atomic E-state index is 0.926. The van der Waals surface area contributed by atoms with E-state index in [1.54, 1.807) is 0 Å². The van der Waals surface area contributed by atoms with Crippen molar-refractivity contribution in [3.8, 4) is 0 Å². The van der Waals surface area contributed by atoms with Gasteiger partial charge in [0.05, 0.1) is 5.69 Å². The zero-order valence-electron chi connectivity index (χ0n) is 10.2. The van der Waals surface area contributed by atoms with Crippen molar-refractivity contribution in [3.05, 3.63) is 11.3 Å². The van der Waals surface area contributed by atoms with Gasteiger partial charge >= 0.3 is 0 Å². The number of hydrogen-bond donors (Lipinski definition) is 1. The lowest BCUT2D eigenvalue weighted by molar-refractivity contribution is 0.567. The Labute approximate surface area is 106 Å². The number of nitrogens with zero attached hydrogens (tertiary/aromatic N) is 3. The molecule has 3 rings (SSSR count). The standard InChI is InChI=1S/C12H18N4S/c1-13-11-9-7-17-8-10(9)14-12(15-11)16-5-3-2-4-6-16/h2-8H2,1H3,(H,13,14,15). The molecule has 0 bridgehead atoms. The van der Waals surface area contributed by atoms with Crippen LogP contribution in [0.5, 0.6) is 0 Å². The summed E-state index contributed by atoms with van der Waals surface area (Å²) in [6, 6.07) is 0. The summed E-state index contributed by atoms with van der Waals surface area (Å²) in [6.45, 7) is 2.21. The molecule has 1 aromatic heterocycles. The number of thioether (sulfide) groups is 1. The second-order valence-corrected chi connectivity index (χ2v) is 5.57. The third kappa shape index (κ3) is 2.08. The van der Waals surface area contributed by atoms with Crippen LogP contribution >= 0.6 is 11.8 Å². The van der Waals surface area contributed by atoms with Crippen LogP contribution in [-0.2, 0) is 11.5 Å². The smallest absolute Gasteiger partial charge is 0.227 e. The first-order valence-corrected chi connectivity index (χ1v) is 7.44. The second-order valence-electron chi connectivity index (χ2n) is 4.59. The Morgan fingerprint density at radius 1 is 1.12 bits per heavy atom. The zero-order chi connectivity index (χ0) is 11.7. The number of piperidine rings is 1. The minimum atomic E-state index is 0.926.